The first-order valence-corrected chi connectivity index (χ1v) is 11.2. The Morgan fingerprint density at radius 3 is 2.68 bits per heavy atom. The van der Waals surface area contributed by atoms with Gasteiger partial charge in [-0.25, -0.2) is 9.97 Å². The van der Waals surface area contributed by atoms with Crippen LogP contribution in [0.4, 0.5) is 5.82 Å². The van der Waals surface area contributed by atoms with Gasteiger partial charge in [0.15, 0.2) is 0 Å². The number of nitrogens with zero attached hydrogens (tertiary/aromatic N) is 3. The van der Waals surface area contributed by atoms with Crippen LogP contribution in [0.2, 0.25) is 0 Å². The summed E-state index contributed by atoms with van der Waals surface area (Å²) in [5.74, 6) is 3.81. The van der Waals surface area contributed by atoms with Crippen LogP contribution in [0.5, 0.6) is 5.75 Å². The average molecular weight is 415 g/mol. The van der Waals surface area contributed by atoms with Crippen LogP contribution in [0.25, 0.3) is 10.9 Å². The molecule has 1 fully saturated rings. The van der Waals surface area contributed by atoms with Crippen molar-refractivity contribution in [3.63, 3.8) is 0 Å². The molecule has 4 rings (SSSR count). The molecule has 0 saturated carbocycles. The first-order valence-electron chi connectivity index (χ1n) is 9.15. The molecule has 0 radical (unpaired) electrons. The molecule has 1 aromatic carbocycles. The van der Waals surface area contributed by atoms with Crippen LogP contribution >= 0.6 is 23.1 Å². The van der Waals surface area contributed by atoms with E-state index in [4.69, 9.17) is 4.74 Å². The number of thiophene rings is 1. The number of aromatic nitrogens is 2. The molecule has 1 saturated heterocycles. The number of benzene rings is 1. The van der Waals surface area contributed by atoms with Crippen LogP contribution in [0.1, 0.15) is 21.1 Å². The highest BCUT2D eigenvalue weighted by Gasteiger charge is 2.21. The number of amides is 1. The highest BCUT2D eigenvalue weighted by atomic mass is 32.2. The van der Waals surface area contributed by atoms with Gasteiger partial charge in [-0.05, 0) is 24.6 Å². The van der Waals surface area contributed by atoms with Gasteiger partial charge in [0.25, 0.3) is 5.91 Å². The fourth-order valence-electron chi connectivity index (χ4n) is 3.20. The van der Waals surface area contributed by atoms with Crippen molar-refractivity contribution in [2.45, 2.75) is 13.5 Å². The number of hydrogen-bond acceptors (Lipinski definition) is 7. The summed E-state index contributed by atoms with van der Waals surface area (Å²) >= 11 is 3.61. The number of aryl methyl sites for hydroxylation is 1. The maximum absolute atomic E-state index is 12.7. The number of anilines is 1. The van der Waals surface area contributed by atoms with Gasteiger partial charge in [0.05, 0.1) is 18.0 Å². The number of rotatable bonds is 5. The number of hydrogen-bond donors (Lipinski definition) is 1. The quantitative estimate of drug-likeness (QED) is 0.689. The summed E-state index contributed by atoms with van der Waals surface area (Å²) in [7, 11) is 1.63. The molecule has 8 heteroatoms. The van der Waals surface area contributed by atoms with Gasteiger partial charge >= 0.3 is 0 Å². The summed E-state index contributed by atoms with van der Waals surface area (Å²) in [5.41, 5.74) is 1.84. The van der Waals surface area contributed by atoms with E-state index in [2.05, 4.69) is 27.1 Å². The smallest absolute Gasteiger partial charge is 0.289 e. The zero-order valence-corrected chi connectivity index (χ0v) is 17.5. The maximum atomic E-state index is 12.7. The Kier molecular flexibility index (Phi) is 5.68. The van der Waals surface area contributed by atoms with Crippen LogP contribution in [0.3, 0.4) is 0 Å². The highest BCUT2D eigenvalue weighted by molar-refractivity contribution is 7.99. The molecule has 0 unspecified atom stereocenters. The molecule has 0 aliphatic carbocycles. The number of ether oxygens (including phenoxy) is 1. The Bertz CT molecular complexity index is 982. The fourth-order valence-corrected chi connectivity index (χ4v) is 4.88. The number of thioether (sulfide) groups is 1. The zero-order chi connectivity index (χ0) is 19.5. The standard InChI is InChI=1S/C20H22N4O2S2/c1-13-17-16(12-28-13)22-18(23-19(17)24-7-9-27-10-8-24)20(25)21-11-14-3-5-15(26-2)6-4-14/h3-6,12H,7-11H2,1-2H3,(H,21,25). The third-order valence-electron chi connectivity index (χ3n) is 4.74. The van der Waals surface area contributed by atoms with Crippen molar-refractivity contribution >= 4 is 45.7 Å². The molecule has 3 heterocycles. The van der Waals surface area contributed by atoms with E-state index in [1.54, 1.807) is 18.4 Å². The van der Waals surface area contributed by atoms with E-state index in [-0.39, 0.29) is 11.7 Å². The summed E-state index contributed by atoms with van der Waals surface area (Å²) in [6.45, 7) is 4.39. The summed E-state index contributed by atoms with van der Waals surface area (Å²) in [6.07, 6.45) is 0. The second-order valence-corrected chi connectivity index (χ2v) is 8.86. The topological polar surface area (TPSA) is 67.3 Å². The van der Waals surface area contributed by atoms with Crippen LogP contribution in [0.15, 0.2) is 29.6 Å². The van der Waals surface area contributed by atoms with Crippen molar-refractivity contribution in [1.29, 1.82) is 0 Å². The second-order valence-electron chi connectivity index (χ2n) is 6.55. The largest absolute Gasteiger partial charge is 0.497 e. The maximum Gasteiger partial charge on any atom is 0.289 e. The molecule has 3 aromatic rings. The first-order chi connectivity index (χ1) is 13.7. The average Bonchev–Trinajstić information content (AvgIpc) is 3.13. The van der Waals surface area contributed by atoms with Crippen LogP contribution in [-0.2, 0) is 6.54 Å². The van der Waals surface area contributed by atoms with Gasteiger partial charge in [-0.2, -0.15) is 11.8 Å². The number of nitrogens with one attached hydrogen (secondary N) is 1. The number of carbonyl (C=O) groups excluding carboxylic acids is 1. The van der Waals surface area contributed by atoms with E-state index in [1.807, 2.05) is 41.4 Å². The third-order valence-corrected chi connectivity index (χ3v) is 6.58. The Balaban J connectivity index is 1.57. The molecule has 1 amide bonds. The molecule has 1 N–H and O–H groups in total. The summed E-state index contributed by atoms with van der Waals surface area (Å²) < 4.78 is 5.17. The SMILES string of the molecule is COc1ccc(CNC(=O)c2nc(N3CCSCC3)c3c(C)scc3n2)cc1. The van der Waals surface area contributed by atoms with Gasteiger partial charge in [0, 0.05) is 41.4 Å². The summed E-state index contributed by atoms with van der Waals surface area (Å²) in [4.78, 5) is 25.4. The van der Waals surface area contributed by atoms with E-state index in [9.17, 15) is 4.79 Å². The molecule has 0 spiro atoms. The van der Waals surface area contributed by atoms with Gasteiger partial charge in [-0.1, -0.05) is 12.1 Å². The Labute approximate surface area is 172 Å². The van der Waals surface area contributed by atoms with E-state index >= 15 is 0 Å². The fraction of sp³-hybridized carbons (Fsp3) is 0.350. The monoisotopic (exact) mass is 414 g/mol. The zero-order valence-electron chi connectivity index (χ0n) is 15.9. The Hall–Kier alpha value is -2.32. The lowest BCUT2D eigenvalue weighted by molar-refractivity contribution is 0.0941. The van der Waals surface area contributed by atoms with Crippen molar-refractivity contribution in [3.05, 3.63) is 45.9 Å². The molecule has 0 atom stereocenters. The Morgan fingerprint density at radius 1 is 1.21 bits per heavy atom. The molecular formula is C20H22N4O2S2. The van der Waals surface area contributed by atoms with Gasteiger partial charge in [0.2, 0.25) is 5.82 Å². The lowest BCUT2D eigenvalue weighted by atomic mass is 10.2. The second kappa shape index (κ2) is 8.36. The van der Waals surface area contributed by atoms with E-state index in [0.29, 0.717) is 6.54 Å². The first kappa shape index (κ1) is 19.0. The van der Waals surface area contributed by atoms with Crippen LogP contribution in [-0.4, -0.2) is 47.6 Å². The molecular weight excluding hydrogens is 392 g/mol. The number of methoxy groups -OCH3 is 1. The Morgan fingerprint density at radius 2 is 1.96 bits per heavy atom. The van der Waals surface area contributed by atoms with Crippen molar-refractivity contribution in [2.75, 3.05) is 36.6 Å². The minimum atomic E-state index is -0.255. The van der Waals surface area contributed by atoms with Crippen molar-refractivity contribution in [2.24, 2.45) is 0 Å². The summed E-state index contributed by atoms with van der Waals surface area (Å²) in [6, 6.07) is 7.62. The lowest BCUT2D eigenvalue weighted by Crippen LogP contribution is -2.34. The van der Waals surface area contributed by atoms with Crippen LogP contribution < -0.4 is 15.0 Å². The minimum Gasteiger partial charge on any atom is -0.497 e. The minimum absolute atomic E-state index is 0.229. The molecule has 28 heavy (non-hydrogen) atoms. The molecule has 2 aromatic heterocycles. The number of carbonyl (C=O) groups is 1. The lowest BCUT2D eigenvalue weighted by Gasteiger charge is -2.28. The van der Waals surface area contributed by atoms with E-state index < -0.39 is 0 Å². The van der Waals surface area contributed by atoms with E-state index in [1.165, 1.54) is 4.88 Å². The number of fused-ring (bicyclic) bond motifs is 1. The van der Waals surface area contributed by atoms with E-state index in [0.717, 1.165) is 52.6 Å². The molecule has 146 valence electrons. The van der Waals surface area contributed by atoms with Gasteiger partial charge in [-0.3, -0.25) is 4.79 Å². The normalized spacial score (nSPS) is 14.3. The molecule has 1 aliphatic heterocycles. The summed E-state index contributed by atoms with van der Waals surface area (Å²) in [5, 5.41) is 6.01. The van der Waals surface area contributed by atoms with Gasteiger partial charge in [0.1, 0.15) is 11.6 Å². The van der Waals surface area contributed by atoms with Crippen LogP contribution in [0, 0.1) is 6.92 Å². The van der Waals surface area contributed by atoms with Crippen molar-refractivity contribution < 1.29 is 9.53 Å². The predicted octanol–water partition coefficient (Wildman–Crippen LogP) is 3.49. The molecule has 1 aliphatic rings. The van der Waals surface area contributed by atoms with Crippen molar-refractivity contribution in [3.8, 4) is 5.75 Å². The van der Waals surface area contributed by atoms with Gasteiger partial charge in [-0.15, -0.1) is 11.3 Å². The third kappa shape index (κ3) is 3.93. The van der Waals surface area contributed by atoms with Crippen molar-refractivity contribution in [1.82, 2.24) is 15.3 Å². The molecule has 0 bridgehead atoms. The molecule has 6 nitrogen and oxygen atoms in total. The van der Waals surface area contributed by atoms with Gasteiger partial charge < -0.3 is 15.0 Å². The predicted molar refractivity (Wildman–Crippen MR) is 116 cm³/mol. The highest BCUT2D eigenvalue weighted by Crippen LogP contribution is 2.32.